The maximum absolute atomic E-state index is 11.4. The van der Waals surface area contributed by atoms with Crippen LogP contribution < -0.4 is 4.74 Å². The van der Waals surface area contributed by atoms with E-state index >= 15 is 0 Å². The summed E-state index contributed by atoms with van der Waals surface area (Å²) in [6.07, 6.45) is 1.43. The van der Waals surface area contributed by atoms with E-state index in [1.54, 1.807) is 0 Å². The van der Waals surface area contributed by atoms with Crippen molar-refractivity contribution in [2.75, 3.05) is 7.11 Å². The highest BCUT2D eigenvalue weighted by Crippen LogP contribution is 2.22. The minimum absolute atomic E-state index is 0.116. The van der Waals surface area contributed by atoms with E-state index in [2.05, 4.69) is 9.89 Å². The van der Waals surface area contributed by atoms with Crippen LogP contribution in [0.15, 0.2) is 59.8 Å². The molecule has 2 aromatic carbocycles. The van der Waals surface area contributed by atoms with Crippen molar-refractivity contribution in [2.24, 2.45) is 5.16 Å². The number of oxime groups is 1. The van der Waals surface area contributed by atoms with Gasteiger partial charge in [0.1, 0.15) is 12.4 Å². The summed E-state index contributed by atoms with van der Waals surface area (Å²) < 4.78 is 10.4. The molecule has 5 nitrogen and oxygen atoms in total. The van der Waals surface area contributed by atoms with Crippen LogP contribution in [0, 0.1) is 0 Å². The second-order valence-electron chi connectivity index (χ2n) is 4.99. The van der Waals surface area contributed by atoms with Gasteiger partial charge >= 0.3 is 5.97 Å². The van der Waals surface area contributed by atoms with E-state index in [-0.39, 0.29) is 18.3 Å². The fourth-order valence-corrected chi connectivity index (χ4v) is 2.15. The van der Waals surface area contributed by atoms with Gasteiger partial charge in [0.15, 0.2) is 0 Å². The summed E-state index contributed by atoms with van der Waals surface area (Å²) in [5.41, 5.74) is 1.94. The molecule has 1 N–H and O–H groups in total. The molecule has 0 aliphatic heterocycles. The van der Waals surface area contributed by atoms with Gasteiger partial charge in [-0.05, 0) is 23.3 Å². The van der Waals surface area contributed by atoms with Crippen molar-refractivity contribution in [3.05, 3.63) is 65.7 Å². The van der Waals surface area contributed by atoms with E-state index < -0.39 is 0 Å². The molecule has 5 heteroatoms. The molecule has 23 heavy (non-hydrogen) atoms. The van der Waals surface area contributed by atoms with Crippen LogP contribution in [0.1, 0.15) is 23.5 Å². The van der Waals surface area contributed by atoms with Crippen LogP contribution in [-0.2, 0) is 16.1 Å². The number of nitrogens with zero attached hydrogens (tertiary/aromatic N) is 1. The monoisotopic (exact) mass is 313 g/mol. The number of carbonyl (C=O) groups excluding carboxylic acids is 1. The Kier molecular flexibility index (Phi) is 6.17. The molecule has 2 aromatic rings. The Labute approximate surface area is 135 Å². The van der Waals surface area contributed by atoms with E-state index in [0.717, 1.165) is 16.9 Å². The zero-order chi connectivity index (χ0) is 16.5. The van der Waals surface area contributed by atoms with Gasteiger partial charge < -0.3 is 14.7 Å². The van der Waals surface area contributed by atoms with Gasteiger partial charge in [-0.15, -0.1) is 5.16 Å². The van der Waals surface area contributed by atoms with Crippen molar-refractivity contribution < 1.29 is 19.5 Å². The lowest BCUT2D eigenvalue weighted by atomic mass is 9.97. The lowest BCUT2D eigenvalue weighted by Crippen LogP contribution is -2.10. The molecular weight excluding hydrogens is 294 g/mol. The summed E-state index contributed by atoms with van der Waals surface area (Å²) in [5.74, 6) is 0.0327. The van der Waals surface area contributed by atoms with Crippen molar-refractivity contribution in [1.29, 1.82) is 0 Å². The van der Waals surface area contributed by atoms with Crippen LogP contribution in [0.2, 0.25) is 0 Å². The summed E-state index contributed by atoms with van der Waals surface area (Å²) in [6, 6.07) is 17.2. The fourth-order valence-electron chi connectivity index (χ4n) is 2.15. The number of rotatable bonds is 7. The molecular formula is C18H19NO4. The predicted octanol–water partition coefficient (Wildman–Crippen LogP) is 3.37. The molecule has 120 valence electrons. The number of hydrogen-bond donors (Lipinski definition) is 1. The number of hydrogen-bond acceptors (Lipinski definition) is 5. The van der Waals surface area contributed by atoms with Crippen LogP contribution >= 0.6 is 0 Å². The summed E-state index contributed by atoms with van der Waals surface area (Å²) in [7, 11) is 1.33. The number of ether oxygens (including phenoxy) is 2. The first-order valence-electron chi connectivity index (χ1n) is 7.24. The third-order valence-electron chi connectivity index (χ3n) is 3.42. The molecule has 0 fully saturated rings. The highest BCUT2D eigenvalue weighted by atomic mass is 16.5. The molecule has 0 heterocycles. The van der Waals surface area contributed by atoms with Gasteiger partial charge in [-0.2, -0.15) is 0 Å². The molecule has 0 bridgehead atoms. The number of benzene rings is 2. The molecule has 0 saturated heterocycles. The average molecular weight is 313 g/mol. The standard InChI is InChI=1S/C18H19NO4/c1-22-18(20)11-16(12-19-21)15-7-9-17(10-8-15)23-13-14-5-3-2-4-6-14/h2-10,12,16,21H,11,13H2,1H3. The van der Waals surface area contributed by atoms with Gasteiger partial charge in [0.2, 0.25) is 0 Å². The van der Waals surface area contributed by atoms with E-state index in [1.165, 1.54) is 13.3 Å². The van der Waals surface area contributed by atoms with Crippen molar-refractivity contribution in [2.45, 2.75) is 18.9 Å². The van der Waals surface area contributed by atoms with Gasteiger partial charge in [0.05, 0.1) is 19.7 Å². The van der Waals surface area contributed by atoms with Crippen molar-refractivity contribution in [3.8, 4) is 5.75 Å². The van der Waals surface area contributed by atoms with Crippen molar-refractivity contribution in [1.82, 2.24) is 0 Å². The first-order chi connectivity index (χ1) is 11.2. The van der Waals surface area contributed by atoms with Gasteiger partial charge in [0, 0.05) is 5.92 Å². The van der Waals surface area contributed by atoms with E-state index in [0.29, 0.717) is 6.61 Å². The third kappa shape index (κ3) is 5.14. The molecule has 2 rings (SSSR count). The maximum atomic E-state index is 11.4. The lowest BCUT2D eigenvalue weighted by Gasteiger charge is -2.12. The highest BCUT2D eigenvalue weighted by molar-refractivity contribution is 5.78. The molecule has 0 aliphatic rings. The third-order valence-corrected chi connectivity index (χ3v) is 3.42. The molecule has 1 atom stereocenters. The van der Waals surface area contributed by atoms with Crippen LogP contribution in [0.25, 0.3) is 0 Å². The molecule has 0 radical (unpaired) electrons. The average Bonchev–Trinajstić information content (AvgIpc) is 2.61. The topological polar surface area (TPSA) is 68.1 Å². The quantitative estimate of drug-likeness (QED) is 0.368. The Morgan fingerprint density at radius 3 is 2.48 bits per heavy atom. The Hall–Kier alpha value is -2.82. The number of carbonyl (C=O) groups is 1. The Morgan fingerprint density at radius 2 is 1.87 bits per heavy atom. The molecule has 1 unspecified atom stereocenters. The Bertz CT molecular complexity index is 638. The second kappa shape index (κ2) is 8.58. The number of esters is 1. The van der Waals surface area contributed by atoms with Gasteiger partial charge in [0.25, 0.3) is 0 Å². The van der Waals surface area contributed by atoms with Crippen LogP contribution in [0.5, 0.6) is 5.75 Å². The molecule has 0 aliphatic carbocycles. The SMILES string of the molecule is COC(=O)CC(C=NO)c1ccc(OCc2ccccc2)cc1. The van der Waals surface area contributed by atoms with E-state index in [9.17, 15) is 4.79 Å². The van der Waals surface area contributed by atoms with E-state index in [4.69, 9.17) is 9.94 Å². The minimum atomic E-state index is -0.362. The largest absolute Gasteiger partial charge is 0.489 e. The van der Waals surface area contributed by atoms with E-state index in [1.807, 2.05) is 54.6 Å². The molecule has 0 saturated carbocycles. The molecule has 0 amide bonds. The van der Waals surface area contributed by atoms with Crippen molar-refractivity contribution >= 4 is 12.2 Å². The van der Waals surface area contributed by atoms with Crippen LogP contribution in [-0.4, -0.2) is 24.5 Å². The zero-order valence-corrected chi connectivity index (χ0v) is 12.9. The van der Waals surface area contributed by atoms with Gasteiger partial charge in [-0.1, -0.05) is 42.5 Å². The molecule has 0 spiro atoms. The normalized spacial score (nSPS) is 12.0. The van der Waals surface area contributed by atoms with Gasteiger partial charge in [-0.3, -0.25) is 4.79 Å². The highest BCUT2D eigenvalue weighted by Gasteiger charge is 2.15. The first kappa shape index (κ1) is 16.5. The van der Waals surface area contributed by atoms with Gasteiger partial charge in [-0.25, -0.2) is 0 Å². The first-order valence-corrected chi connectivity index (χ1v) is 7.24. The Morgan fingerprint density at radius 1 is 1.17 bits per heavy atom. The minimum Gasteiger partial charge on any atom is -0.489 e. The summed E-state index contributed by atoms with van der Waals surface area (Å²) >= 11 is 0. The predicted molar refractivity (Wildman–Crippen MR) is 86.9 cm³/mol. The van der Waals surface area contributed by atoms with Crippen molar-refractivity contribution in [3.63, 3.8) is 0 Å². The fraction of sp³-hybridized carbons (Fsp3) is 0.222. The lowest BCUT2D eigenvalue weighted by molar-refractivity contribution is -0.140. The summed E-state index contributed by atoms with van der Waals surface area (Å²) in [6.45, 7) is 0.490. The summed E-state index contributed by atoms with van der Waals surface area (Å²) in [4.78, 5) is 11.4. The zero-order valence-electron chi connectivity index (χ0n) is 12.9. The second-order valence-corrected chi connectivity index (χ2v) is 4.99. The molecule has 0 aromatic heterocycles. The smallest absolute Gasteiger partial charge is 0.306 e. The Balaban J connectivity index is 2.00. The van der Waals surface area contributed by atoms with Crippen LogP contribution in [0.3, 0.4) is 0 Å². The van der Waals surface area contributed by atoms with Crippen LogP contribution in [0.4, 0.5) is 0 Å². The number of methoxy groups -OCH3 is 1. The maximum Gasteiger partial charge on any atom is 0.306 e. The summed E-state index contributed by atoms with van der Waals surface area (Å²) in [5, 5.41) is 11.8.